The van der Waals surface area contributed by atoms with Gasteiger partial charge < -0.3 is 21.8 Å². The van der Waals surface area contributed by atoms with E-state index in [9.17, 15) is 13.6 Å². The Morgan fingerprint density at radius 2 is 2.00 bits per heavy atom. The predicted octanol–water partition coefficient (Wildman–Crippen LogP) is 4.32. The monoisotopic (exact) mass is 413 g/mol. The highest BCUT2D eigenvalue weighted by molar-refractivity contribution is 7.08. The van der Waals surface area contributed by atoms with E-state index >= 15 is 0 Å². The van der Waals surface area contributed by atoms with Crippen molar-refractivity contribution < 1.29 is 13.6 Å². The number of carbonyl (C=O) groups excluding carboxylic acids is 1. The second-order valence-corrected chi connectivity index (χ2v) is 6.83. The van der Waals surface area contributed by atoms with Crippen molar-refractivity contribution >= 4 is 46.2 Å². The molecule has 0 unspecified atom stereocenters. The van der Waals surface area contributed by atoms with E-state index in [0.717, 1.165) is 6.07 Å². The smallest absolute Gasteiger partial charge is 0.261 e. The highest BCUT2D eigenvalue weighted by Crippen LogP contribution is 2.26. The Balaban J connectivity index is 1.95. The Labute approximate surface area is 169 Å². The van der Waals surface area contributed by atoms with Crippen molar-refractivity contribution in [3.8, 4) is 0 Å². The number of benzene rings is 2. The third kappa shape index (κ3) is 3.85. The molecule has 1 amide bonds. The molecule has 0 atom stereocenters. The van der Waals surface area contributed by atoms with Crippen molar-refractivity contribution in [3.05, 3.63) is 75.0 Å². The Bertz CT molecular complexity index is 1110. The van der Waals surface area contributed by atoms with Gasteiger partial charge in [-0.3, -0.25) is 10.2 Å². The summed E-state index contributed by atoms with van der Waals surface area (Å²) in [5, 5.41) is 24.3. The maximum Gasteiger partial charge on any atom is 0.261 e. The zero-order chi connectivity index (χ0) is 21.1. The summed E-state index contributed by atoms with van der Waals surface area (Å²) >= 11 is 1.43. The van der Waals surface area contributed by atoms with Crippen LogP contribution >= 0.6 is 11.3 Å². The molecule has 0 aliphatic rings. The molecule has 0 aliphatic heterocycles. The molecule has 2 aromatic carbocycles. The number of carbonyl (C=O) groups is 1. The first-order valence-electron chi connectivity index (χ1n) is 8.40. The summed E-state index contributed by atoms with van der Waals surface area (Å²) in [6.07, 6.45) is 0.709. The fraction of sp³-hybridized carbons (Fsp3) is 0.0500. The number of nitrogen functional groups attached to an aromatic ring is 1. The zero-order valence-corrected chi connectivity index (χ0v) is 16.1. The lowest BCUT2D eigenvalue weighted by atomic mass is 10.0. The van der Waals surface area contributed by atoms with Gasteiger partial charge in [0, 0.05) is 46.8 Å². The minimum absolute atomic E-state index is 0.0607. The fourth-order valence-corrected chi connectivity index (χ4v) is 3.44. The number of nitrogens with one attached hydrogen (secondary N) is 4. The minimum atomic E-state index is -1.14. The molecule has 0 bridgehead atoms. The van der Waals surface area contributed by atoms with Crippen molar-refractivity contribution in [2.24, 2.45) is 0 Å². The van der Waals surface area contributed by atoms with Crippen LogP contribution in [0.15, 0.2) is 41.1 Å². The molecule has 3 rings (SSSR count). The SMILES string of the molecule is CNc1cc(F)c(C(=O)Nc2ccc(N)c(C(=N)c3ccsc3)c2)c(F)c1C=N. The molecule has 148 valence electrons. The molecular weight excluding hydrogens is 396 g/mol. The van der Waals surface area contributed by atoms with Gasteiger partial charge in [0.1, 0.15) is 17.2 Å². The highest BCUT2D eigenvalue weighted by Gasteiger charge is 2.23. The number of hydrogen-bond donors (Lipinski definition) is 5. The number of anilines is 3. The van der Waals surface area contributed by atoms with E-state index in [1.807, 2.05) is 5.38 Å². The van der Waals surface area contributed by atoms with Gasteiger partial charge in [-0.25, -0.2) is 8.78 Å². The first-order chi connectivity index (χ1) is 13.9. The third-order valence-corrected chi connectivity index (χ3v) is 4.97. The van der Waals surface area contributed by atoms with Crippen molar-refractivity contribution in [1.29, 1.82) is 10.8 Å². The van der Waals surface area contributed by atoms with Gasteiger partial charge in [0.25, 0.3) is 5.91 Å². The minimum Gasteiger partial charge on any atom is -0.398 e. The second kappa shape index (κ2) is 8.19. The lowest BCUT2D eigenvalue weighted by Gasteiger charge is -2.13. The van der Waals surface area contributed by atoms with Crippen LogP contribution in [-0.4, -0.2) is 24.9 Å². The van der Waals surface area contributed by atoms with Gasteiger partial charge in [0.05, 0.1) is 11.3 Å². The van der Waals surface area contributed by atoms with Crippen LogP contribution in [0.5, 0.6) is 0 Å². The van der Waals surface area contributed by atoms with Crippen LogP contribution in [0.25, 0.3) is 0 Å². The lowest BCUT2D eigenvalue weighted by molar-refractivity contribution is 0.101. The zero-order valence-electron chi connectivity index (χ0n) is 15.3. The number of amides is 1. The van der Waals surface area contributed by atoms with Gasteiger partial charge in [0.15, 0.2) is 0 Å². The number of hydrogen-bond acceptors (Lipinski definition) is 6. The summed E-state index contributed by atoms with van der Waals surface area (Å²) in [5.74, 6) is -3.20. The first kappa shape index (κ1) is 20.2. The largest absolute Gasteiger partial charge is 0.398 e. The Kier molecular flexibility index (Phi) is 5.69. The number of rotatable bonds is 6. The quantitative estimate of drug-likeness (QED) is 0.306. The Hall–Kier alpha value is -3.59. The van der Waals surface area contributed by atoms with E-state index in [4.69, 9.17) is 16.6 Å². The summed E-state index contributed by atoms with van der Waals surface area (Å²) in [6, 6.07) is 7.19. The van der Waals surface area contributed by atoms with Gasteiger partial charge >= 0.3 is 0 Å². The molecule has 0 saturated heterocycles. The van der Waals surface area contributed by atoms with Gasteiger partial charge in [-0.15, -0.1) is 0 Å². The summed E-state index contributed by atoms with van der Waals surface area (Å²) in [7, 11) is 1.46. The molecular formula is C20H17F2N5OS. The first-order valence-corrected chi connectivity index (χ1v) is 9.34. The predicted molar refractivity (Wildman–Crippen MR) is 113 cm³/mol. The standard InChI is InChI=1S/C20H17F2N5OS/c1-26-16-7-14(21)17(18(22)13(16)8-23)20(28)27-11-2-3-15(24)12(6-11)19(25)10-4-5-29-9-10/h2-9,23,25-26H,24H2,1H3,(H,27,28). The van der Waals surface area contributed by atoms with Gasteiger partial charge in [-0.05, 0) is 35.7 Å². The molecule has 9 heteroatoms. The maximum atomic E-state index is 14.6. The third-order valence-electron chi connectivity index (χ3n) is 4.29. The van der Waals surface area contributed by atoms with E-state index in [1.54, 1.807) is 11.4 Å². The molecule has 0 spiro atoms. The van der Waals surface area contributed by atoms with Crippen LogP contribution in [0.1, 0.15) is 27.0 Å². The fourth-order valence-electron chi connectivity index (χ4n) is 2.80. The molecule has 1 aromatic heterocycles. The van der Waals surface area contributed by atoms with E-state index in [-0.39, 0.29) is 22.6 Å². The van der Waals surface area contributed by atoms with Crippen LogP contribution < -0.4 is 16.4 Å². The summed E-state index contributed by atoms with van der Waals surface area (Å²) in [5.41, 5.74) is 6.77. The summed E-state index contributed by atoms with van der Waals surface area (Å²) < 4.78 is 29.0. The molecule has 6 N–H and O–H groups in total. The van der Waals surface area contributed by atoms with Crippen molar-refractivity contribution in [3.63, 3.8) is 0 Å². The molecule has 0 aliphatic carbocycles. The molecule has 3 aromatic rings. The molecule has 0 fully saturated rings. The van der Waals surface area contributed by atoms with Crippen LogP contribution in [0.2, 0.25) is 0 Å². The van der Waals surface area contributed by atoms with Crippen molar-refractivity contribution in [1.82, 2.24) is 0 Å². The van der Waals surface area contributed by atoms with Crippen LogP contribution in [0.4, 0.5) is 25.8 Å². The topological polar surface area (TPSA) is 115 Å². The molecule has 1 heterocycles. The Morgan fingerprint density at radius 1 is 1.24 bits per heavy atom. The molecule has 29 heavy (non-hydrogen) atoms. The molecule has 0 radical (unpaired) electrons. The van der Waals surface area contributed by atoms with Gasteiger partial charge in [-0.1, -0.05) is 0 Å². The van der Waals surface area contributed by atoms with Crippen LogP contribution in [0.3, 0.4) is 0 Å². The average molecular weight is 413 g/mol. The summed E-state index contributed by atoms with van der Waals surface area (Å²) in [4.78, 5) is 12.5. The van der Waals surface area contributed by atoms with Crippen LogP contribution in [-0.2, 0) is 0 Å². The normalized spacial score (nSPS) is 10.4. The number of halogens is 2. The second-order valence-electron chi connectivity index (χ2n) is 6.05. The summed E-state index contributed by atoms with van der Waals surface area (Å²) in [6.45, 7) is 0. The number of thiophene rings is 1. The van der Waals surface area contributed by atoms with E-state index in [0.29, 0.717) is 23.0 Å². The van der Waals surface area contributed by atoms with E-state index < -0.39 is 23.1 Å². The van der Waals surface area contributed by atoms with E-state index in [2.05, 4.69) is 10.6 Å². The number of nitrogens with two attached hydrogens (primary N) is 1. The average Bonchev–Trinajstić information content (AvgIpc) is 3.23. The van der Waals surface area contributed by atoms with E-state index in [1.165, 1.54) is 36.6 Å². The van der Waals surface area contributed by atoms with Gasteiger partial charge in [0.2, 0.25) is 0 Å². The Morgan fingerprint density at radius 3 is 2.62 bits per heavy atom. The molecule has 6 nitrogen and oxygen atoms in total. The lowest BCUT2D eigenvalue weighted by Crippen LogP contribution is -2.18. The highest BCUT2D eigenvalue weighted by atomic mass is 32.1. The molecule has 0 saturated carbocycles. The van der Waals surface area contributed by atoms with Crippen molar-refractivity contribution in [2.75, 3.05) is 23.4 Å². The van der Waals surface area contributed by atoms with Crippen LogP contribution in [0, 0.1) is 22.5 Å². The van der Waals surface area contributed by atoms with Crippen molar-refractivity contribution in [2.45, 2.75) is 0 Å². The van der Waals surface area contributed by atoms with Gasteiger partial charge in [-0.2, -0.15) is 11.3 Å². The maximum absolute atomic E-state index is 14.6.